The second kappa shape index (κ2) is 13.6. The molecule has 6 heteroatoms. The van der Waals surface area contributed by atoms with Crippen molar-refractivity contribution >= 4 is 16.8 Å². The molecule has 0 spiro atoms. The molecule has 0 aliphatic carbocycles. The normalized spacial score (nSPS) is 10.8. The van der Waals surface area contributed by atoms with E-state index in [0.29, 0.717) is 12.3 Å². The van der Waals surface area contributed by atoms with Crippen molar-refractivity contribution in [3.05, 3.63) is 157 Å². The van der Waals surface area contributed by atoms with Crippen molar-refractivity contribution in [2.75, 3.05) is 0 Å². The van der Waals surface area contributed by atoms with Gasteiger partial charge in [-0.2, -0.15) is 0 Å². The van der Waals surface area contributed by atoms with Crippen molar-refractivity contribution < 1.29 is 18.1 Å². The Balaban J connectivity index is 1.38. The second-order valence-corrected chi connectivity index (χ2v) is 11.1. The van der Waals surface area contributed by atoms with Gasteiger partial charge in [-0.25, -0.2) is 0 Å². The maximum absolute atomic E-state index is 6.36. The van der Waals surface area contributed by atoms with Crippen LogP contribution in [0.1, 0.15) is 11.1 Å². The lowest BCUT2D eigenvalue weighted by Crippen LogP contribution is -2.04. The molecule has 190 valence electrons. The Kier molecular flexibility index (Phi) is 9.25. The van der Waals surface area contributed by atoms with E-state index in [-0.39, 0.29) is 0 Å². The van der Waals surface area contributed by atoms with Crippen LogP contribution in [0.3, 0.4) is 0 Å². The molecule has 5 aromatic carbocycles. The van der Waals surface area contributed by atoms with Crippen molar-refractivity contribution in [1.29, 1.82) is 0 Å². The molecule has 0 aliphatic rings. The lowest BCUT2D eigenvalue weighted by atomic mass is 10.1. The van der Waals surface area contributed by atoms with Crippen LogP contribution >= 0.6 is 16.8 Å². The first-order chi connectivity index (χ1) is 18.8. The van der Waals surface area contributed by atoms with E-state index in [9.17, 15) is 0 Å². The minimum absolute atomic E-state index is 0.620. The summed E-state index contributed by atoms with van der Waals surface area (Å²) < 4.78 is 25.4. The highest BCUT2D eigenvalue weighted by Crippen LogP contribution is 2.47. The molecule has 0 aromatic heterocycles. The summed E-state index contributed by atoms with van der Waals surface area (Å²) in [7, 11) is -2.60. The third kappa shape index (κ3) is 7.83. The Labute approximate surface area is 226 Å². The summed E-state index contributed by atoms with van der Waals surface area (Å²) in [6, 6.07) is 47.6. The maximum Gasteiger partial charge on any atom is 0.295 e. The van der Waals surface area contributed by atoms with E-state index in [1.165, 1.54) is 0 Å². The monoisotopic (exact) mass is 538 g/mol. The van der Waals surface area contributed by atoms with Gasteiger partial charge in [0.25, 0.3) is 16.8 Å². The van der Waals surface area contributed by atoms with Crippen LogP contribution in [0.2, 0.25) is 0 Å². The average molecular weight is 539 g/mol. The van der Waals surface area contributed by atoms with E-state index in [2.05, 4.69) is 24.3 Å². The first-order valence-corrected chi connectivity index (χ1v) is 15.1. The third-order valence-corrected chi connectivity index (χ3v) is 8.37. The molecule has 0 unspecified atom stereocenters. The fourth-order valence-corrected chi connectivity index (χ4v) is 6.64. The number of hydrogen-bond acceptors (Lipinski definition) is 4. The number of hydrogen-bond donors (Lipinski definition) is 0. The SMILES string of the molecule is c1ccc(OP(Cc2ccccc2CP(Oc2ccccc2)Oc2ccccc2)Oc2ccccc2)cc1. The molecule has 0 atom stereocenters. The fraction of sp³-hybridized carbons (Fsp3) is 0.0625. The smallest absolute Gasteiger partial charge is 0.295 e. The molecular weight excluding hydrogens is 510 g/mol. The molecule has 0 aliphatic heterocycles. The average Bonchev–Trinajstić information content (AvgIpc) is 2.96. The highest BCUT2D eigenvalue weighted by atomic mass is 31.2. The van der Waals surface area contributed by atoms with Gasteiger partial charge in [-0.15, -0.1) is 0 Å². The van der Waals surface area contributed by atoms with Gasteiger partial charge in [-0.3, -0.25) is 0 Å². The molecule has 5 rings (SSSR count). The highest BCUT2D eigenvalue weighted by Gasteiger charge is 2.22. The maximum atomic E-state index is 6.36. The Morgan fingerprint density at radius 2 is 0.553 bits per heavy atom. The van der Waals surface area contributed by atoms with Gasteiger partial charge in [-0.1, -0.05) is 97.1 Å². The lowest BCUT2D eigenvalue weighted by molar-refractivity contribution is 0.485. The Morgan fingerprint density at radius 3 is 0.816 bits per heavy atom. The van der Waals surface area contributed by atoms with Crippen molar-refractivity contribution in [3.63, 3.8) is 0 Å². The molecule has 0 fully saturated rings. The zero-order valence-electron chi connectivity index (χ0n) is 20.8. The van der Waals surface area contributed by atoms with Crippen LogP contribution in [-0.2, 0) is 12.3 Å². The standard InChI is InChI=1S/C32H28O4P2/c1-5-17-29(18-6-1)33-37(34-30-19-7-2-8-20-30)25-27-15-13-14-16-28(27)26-38(35-31-21-9-3-10-22-31)36-32-23-11-4-12-24-32/h1-24H,25-26H2. The molecule has 0 amide bonds. The van der Waals surface area contributed by atoms with Crippen LogP contribution < -0.4 is 18.1 Å². The summed E-state index contributed by atoms with van der Waals surface area (Å²) in [6.45, 7) is 0. The van der Waals surface area contributed by atoms with Gasteiger partial charge in [0.05, 0.1) is 12.3 Å². The molecular formula is C32H28O4P2. The van der Waals surface area contributed by atoms with Gasteiger partial charge in [-0.05, 0) is 59.7 Å². The predicted molar refractivity (Wildman–Crippen MR) is 156 cm³/mol. The lowest BCUT2D eigenvalue weighted by Gasteiger charge is -2.22. The molecule has 0 saturated heterocycles. The summed E-state index contributed by atoms with van der Waals surface area (Å²) in [5.74, 6) is 3.14. The Morgan fingerprint density at radius 1 is 0.316 bits per heavy atom. The minimum Gasteiger partial charge on any atom is -0.438 e. The molecule has 0 bridgehead atoms. The quantitative estimate of drug-likeness (QED) is 0.148. The zero-order chi connectivity index (χ0) is 25.8. The summed E-state index contributed by atoms with van der Waals surface area (Å²) in [5, 5.41) is 0. The van der Waals surface area contributed by atoms with E-state index in [0.717, 1.165) is 34.1 Å². The Bertz CT molecular complexity index is 1180. The molecule has 0 radical (unpaired) electrons. The van der Waals surface area contributed by atoms with Gasteiger partial charge in [0, 0.05) is 0 Å². The first kappa shape index (κ1) is 25.8. The number of rotatable bonds is 12. The predicted octanol–water partition coefficient (Wildman–Crippen LogP) is 9.63. The molecule has 38 heavy (non-hydrogen) atoms. The summed E-state index contributed by atoms with van der Waals surface area (Å²) in [4.78, 5) is 0. The summed E-state index contributed by atoms with van der Waals surface area (Å²) >= 11 is 0. The van der Waals surface area contributed by atoms with Crippen LogP contribution in [-0.4, -0.2) is 0 Å². The largest absolute Gasteiger partial charge is 0.438 e. The first-order valence-electron chi connectivity index (χ1n) is 12.4. The molecule has 0 N–H and O–H groups in total. The van der Waals surface area contributed by atoms with Gasteiger partial charge < -0.3 is 18.1 Å². The van der Waals surface area contributed by atoms with Crippen LogP contribution in [0, 0.1) is 0 Å². The zero-order valence-corrected chi connectivity index (χ0v) is 22.6. The van der Waals surface area contributed by atoms with E-state index in [1.807, 2.05) is 121 Å². The summed E-state index contributed by atoms with van der Waals surface area (Å²) in [5.41, 5.74) is 2.29. The number of benzene rings is 5. The fourth-order valence-electron chi connectivity index (χ4n) is 3.71. The van der Waals surface area contributed by atoms with Gasteiger partial charge >= 0.3 is 0 Å². The minimum atomic E-state index is -1.30. The molecule has 4 nitrogen and oxygen atoms in total. The van der Waals surface area contributed by atoms with Crippen molar-refractivity contribution in [3.8, 4) is 23.0 Å². The highest BCUT2D eigenvalue weighted by molar-refractivity contribution is 7.47. The van der Waals surface area contributed by atoms with Crippen LogP contribution in [0.15, 0.2) is 146 Å². The second-order valence-electron chi connectivity index (χ2n) is 8.37. The molecule has 0 heterocycles. The summed E-state index contributed by atoms with van der Waals surface area (Å²) in [6.07, 6.45) is 1.24. The van der Waals surface area contributed by atoms with E-state index in [1.54, 1.807) is 0 Å². The van der Waals surface area contributed by atoms with E-state index < -0.39 is 16.8 Å². The number of para-hydroxylation sites is 4. The third-order valence-electron chi connectivity index (χ3n) is 5.52. The Hall–Kier alpha value is -3.84. The molecule has 0 saturated carbocycles. The van der Waals surface area contributed by atoms with Gasteiger partial charge in [0.1, 0.15) is 23.0 Å². The molecule has 5 aromatic rings. The van der Waals surface area contributed by atoms with Crippen LogP contribution in [0.25, 0.3) is 0 Å². The van der Waals surface area contributed by atoms with E-state index >= 15 is 0 Å². The van der Waals surface area contributed by atoms with Gasteiger partial charge in [0.2, 0.25) is 0 Å². The van der Waals surface area contributed by atoms with Crippen molar-refractivity contribution in [1.82, 2.24) is 0 Å². The topological polar surface area (TPSA) is 36.9 Å². The van der Waals surface area contributed by atoms with Crippen LogP contribution in [0.5, 0.6) is 23.0 Å². The van der Waals surface area contributed by atoms with Gasteiger partial charge in [0.15, 0.2) is 0 Å². The van der Waals surface area contributed by atoms with Crippen molar-refractivity contribution in [2.24, 2.45) is 0 Å². The van der Waals surface area contributed by atoms with Crippen molar-refractivity contribution in [2.45, 2.75) is 12.3 Å². The van der Waals surface area contributed by atoms with Crippen LogP contribution in [0.4, 0.5) is 0 Å². The van der Waals surface area contributed by atoms with E-state index in [4.69, 9.17) is 18.1 Å².